The Balaban J connectivity index is 1.70. The van der Waals surface area contributed by atoms with Crippen LogP contribution < -0.4 is 5.32 Å². The summed E-state index contributed by atoms with van der Waals surface area (Å²) in [6.45, 7) is 5.01. The van der Waals surface area contributed by atoms with Gasteiger partial charge in [0.1, 0.15) is 0 Å². The Morgan fingerprint density at radius 2 is 1.71 bits per heavy atom. The lowest BCUT2D eigenvalue weighted by molar-refractivity contribution is 0.880. The van der Waals surface area contributed by atoms with Crippen LogP contribution in [-0.4, -0.2) is 9.78 Å². The average molecular weight is 277 g/mol. The van der Waals surface area contributed by atoms with Crippen molar-refractivity contribution in [2.24, 2.45) is 0 Å². The van der Waals surface area contributed by atoms with Gasteiger partial charge in [-0.05, 0) is 49.2 Å². The van der Waals surface area contributed by atoms with Crippen LogP contribution in [0.15, 0.2) is 60.9 Å². The minimum Gasteiger partial charge on any atom is -0.381 e. The molecule has 3 aromatic rings. The lowest BCUT2D eigenvalue weighted by Crippen LogP contribution is -1.99. The number of nitrogens with one attached hydrogen (secondary N) is 1. The van der Waals surface area contributed by atoms with Crippen molar-refractivity contribution in [1.29, 1.82) is 0 Å². The zero-order valence-electron chi connectivity index (χ0n) is 12.4. The molecule has 3 rings (SSSR count). The zero-order valence-corrected chi connectivity index (χ0v) is 12.4. The van der Waals surface area contributed by atoms with Gasteiger partial charge in [0.25, 0.3) is 0 Å². The molecule has 0 unspecified atom stereocenters. The molecule has 1 aromatic heterocycles. The van der Waals surface area contributed by atoms with E-state index in [0.29, 0.717) is 0 Å². The van der Waals surface area contributed by atoms with Crippen molar-refractivity contribution in [2.45, 2.75) is 20.4 Å². The van der Waals surface area contributed by atoms with Crippen LogP contribution in [0.3, 0.4) is 0 Å². The van der Waals surface area contributed by atoms with Crippen molar-refractivity contribution in [1.82, 2.24) is 9.78 Å². The third kappa shape index (κ3) is 3.31. The first-order valence-electron chi connectivity index (χ1n) is 7.12. The fourth-order valence-corrected chi connectivity index (χ4v) is 2.45. The predicted molar refractivity (Wildman–Crippen MR) is 86.8 cm³/mol. The van der Waals surface area contributed by atoms with Crippen molar-refractivity contribution < 1.29 is 0 Å². The number of rotatable bonds is 4. The van der Waals surface area contributed by atoms with Crippen molar-refractivity contribution >= 4 is 5.69 Å². The molecule has 1 heterocycles. The van der Waals surface area contributed by atoms with Gasteiger partial charge in [-0.2, -0.15) is 5.10 Å². The van der Waals surface area contributed by atoms with Gasteiger partial charge in [0.2, 0.25) is 0 Å². The topological polar surface area (TPSA) is 29.9 Å². The fourth-order valence-electron chi connectivity index (χ4n) is 2.45. The summed E-state index contributed by atoms with van der Waals surface area (Å²) in [5.41, 5.74) is 5.95. The van der Waals surface area contributed by atoms with E-state index in [2.05, 4.69) is 48.7 Å². The van der Waals surface area contributed by atoms with Crippen molar-refractivity contribution in [3.05, 3.63) is 77.6 Å². The van der Waals surface area contributed by atoms with Crippen LogP contribution >= 0.6 is 0 Å². The number of aryl methyl sites for hydroxylation is 2. The summed E-state index contributed by atoms with van der Waals surface area (Å²) < 4.78 is 1.90. The van der Waals surface area contributed by atoms with E-state index in [0.717, 1.165) is 23.5 Å². The molecular formula is C18H19N3. The third-order valence-electron chi connectivity index (χ3n) is 3.38. The van der Waals surface area contributed by atoms with Crippen LogP contribution in [0.5, 0.6) is 0 Å². The van der Waals surface area contributed by atoms with Crippen molar-refractivity contribution in [2.75, 3.05) is 5.32 Å². The highest BCUT2D eigenvalue weighted by Crippen LogP contribution is 2.15. The SMILES string of the molecule is Cc1cc(C)cc(NCc2cnn(-c3ccccc3)c2)c1. The molecule has 0 aliphatic carbocycles. The summed E-state index contributed by atoms with van der Waals surface area (Å²) in [7, 11) is 0. The van der Waals surface area contributed by atoms with Crippen LogP contribution in [0.25, 0.3) is 5.69 Å². The molecule has 1 N–H and O–H groups in total. The Hall–Kier alpha value is -2.55. The fraction of sp³-hybridized carbons (Fsp3) is 0.167. The van der Waals surface area contributed by atoms with Crippen LogP contribution in [0.1, 0.15) is 16.7 Å². The summed E-state index contributed by atoms with van der Waals surface area (Å²) in [5, 5.41) is 7.86. The first kappa shape index (κ1) is 13.4. The Labute approximate surface area is 125 Å². The minimum absolute atomic E-state index is 0.774. The number of para-hydroxylation sites is 1. The second kappa shape index (κ2) is 5.83. The molecule has 0 saturated carbocycles. The normalized spacial score (nSPS) is 10.6. The molecule has 3 nitrogen and oxygen atoms in total. The predicted octanol–water partition coefficient (Wildman–Crippen LogP) is 4.10. The van der Waals surface area contributed by atoms with E-state index in [9.17, 15) is 0 Å². The quantitative estimate of drug-likeness (QED) is 0.778. The van der Waals surface area contributed by atoms with Gasteiger partial charge < -0.3 is 5.32 Å². The van der Waals surface area contributed by atoms with E-state index in [-0.39, 0.29) is 0 Å². The minimum atomic E-state index is 0.774. The molecule has 0 bridgehead atoms. The van der Waals surface area contributed by atoms with E-state index in [1.807, 2.05) is 41.2 Å². The number of aromatic nitrogens is 2. The molecule has 0 fully saturated rings. The van der Waals surface area contributed by atoms with E-state index in [1.165, 1.54) is 11.1 Å². The molecule has 0 aliphatic heterocycles. The van der Waals surface area contributed by atoms with Crippen LogP contribution in [0.4, 0.5) is 5.69 Å². The number of benzene rings is 2. The molecular weight excluding hydrogens is 258 g/mol. The summed E-state index contributed by atoms with van der Waals surface area (Å²) in [5.74, 6) is 0. The molecule has 0 radical (unpaired) electrons. The molecule has 0 aliphatic rings. The number of hydrogen-bond acceptors (Lipinski definition) is 2. The van der Waals surface area contributed by atoms with Crippen molar-refractivity contribution in [3.8, 4) is 5.69 Å². The molecule has 0 atom stereocenters. The van der Waals surface area contributed by atoms with Gasteiger partial charge in [-0.25, -0.2) is 4.68 Å². The third-order valence-corrected chi connectivity index (χ3v) is 3.38. The van der Waals surface area contributed by atoms with Gasteiger partial charge in [0, 0.05) is 24.0 Å². The van der Waals surface area contributed by atoms with E-state index < -0.39 is 0 Å². The van der Waals surface area contributed by atoms with E-state index in [4.69, 9.17) is 0 Å². The van der Waals surface area contributed by atoms with Crippen LogP contribution in [-0.2, 0) is 6.54 Å². The molecule has 2 aromatic carbocycles. The van der Waals surface area contributed by atoms with Gasteiger partial charge in [-0.15, -0.1) is 0 Å². The molecule has 0 spiro atoms. The van der Waals surface area contributed by atoms with Crippen LogP contribution in [0, 0.1) is 13.8 Å². The molecule has 0 saturated heterocycles. The Morgan fingerprint density at radius 3 is 2.43 bits per heavy atom. The zero-order chi connectivity index (χ0) is 14.7. The van der Waals surface area contributed by atoms with Crippen molar-refractivity contribution in [3.63, 3.8) is 0 Å². The lowest BCUT2D eigenvalue weighted by Gasteiger charge is -2.07. The van der Waals surface area contributed by atoms with E-state index in [1.54, 1.807) is 0 Å². The standard InChI is InChI=1S/C18H19N3/c1-14-8-15(2)10-17(9-14)19-11-16-12-20-21(13-16)18-6-4-3-5-7-18/h3-10,12-13,19H,11H2,1-2H3. The van der Waals surface area contributed by atoms with Gasteiger partial charge in [-0.1, -0.05) is 24.3 Å². The molecule has 3 heteroatoms. The lowest BCUT2D eigenvalue weighted by atomic mass is 10.1. The number of anilines is 1. The Bertz CT molecular complexity index is 709. The Kier molecular flexibility index (Phi) is 3.73. The number of nitrogens with zero attached hydrogens (tertiary/aromatic N) is 2. The smallest absolute Gasteiger partial charge is 0.0645 e. The average Bonchev–Trinajstić information content (AvgIpc) is 2.94. The number of hydrogen-bond donors (Lipinski definition) is 1. The maximum Gasteiger partial charge on any atom is 0.0645 e. The summed E-state index contributed by atoms with van der Waals surface area (Å²) in [6.07, 6.45) is 3.97. The molecule has 21 heavy (non-hydrogen) atoms. The van der Waals surface area contributed by atoms with Gasteiger partial charge in [-0.3, -0.25) is 0 Å². The highest BCUT2D eigenvalue weighted by Gasteiger charge is 2.01. The van der Waals surface area contributed by atoms with E-state index >= 15 is 0 Å². The highest BCUT2D eigenvalue weighted by atomic mass is 15.3. The van der Waals surface area contributed by atoms with Gasteiger partial charge in [0.05, 0.1) is 11.9 Å². The summed E-state index contributed by atoms with van der Waals surface area (Å²) in [4.78, 5) is 0. The first-order valence-corrected chi connectivity index (χ1v) is 7.12. The maximum atomic E-state index is 4.41. The molecule has 0 amide bonds. The summed E-state index contributed by atoms with van der Waals surface area (Å²) in [6, 6.07) is 16.6. The first-order chi connectivity index (χ1) is 10.2. The van der Waals surface area contributed by atoms with Gasteiger partial charge in [0.15, 0.2) is 0 Å². The highest BCUT2D eigenvalue weighted by molar-refractivity contribution is 5.48. The van der Waals surface area contributed by atoms with Gasteiger partial charge >= 0.3 is 0 Å². The Morgan fingerprint density at radius 1 is 1.00 bits per heavy atom. The summed E-state index contributed by atoms with van der Waals surface area (Å²) >= 11 is 0. The monoisotopic (exact) mass is 277 g/mol. The maximum absolute atomic E-state index is 4.41. The second-order valence-corrected chi connectivity index (χ2v) is 5.36. The van der Waals surface area contributed by atoms with Crippen LogP contribution in [0.2, 0.25) is 0 Å². The molecule has 106 valence electrons. The second-order valence-electron chi connectivity index (χ2n) is 5.36. The largest absolute Gasteiger partial charge is 0.381 e.